The molecule has 0 amide bonds. The topological polar surface area (TPSA) is 57.9 Å². The Morgan fingerprint density at radius 1 is 1.29 bits per heavy atom. The minimum absolute atomic E-state index is 0. The number of rotatable bonds is 10. The summed E-state index contributed by atoms with van der Waals surface area (Å²) in [5.41, 5.74) is 1.13. The first-order valence-corrected chi connectivity index (χ1v) is 10.5. The lowest BCUT2D eigenvalue weighted by atomic mass is 10.1. The average molecular weight is 506 g/mol. The van der Waals surface area contributed by atoms with Gasteiger partial charge in [-0.2, -0.15) is 5.10 Å². The van der Waals surface area contributed by atoms with Crippen LogP contribution in [-0.2, 0) is 11.8 Å². The van der Waals surface area contributed by atoms with Gasteiger partial charge in [-0.25, -0.2) is 0 Å². The van der Waals surface area contributed by atoms with Crippen LogP contribution in [-0.4, -0.2) is 78.0 Å². The standard InChI is InChI=1S/C20H38N6O.HI/c1-5-10-25(11-6-2)12-8-9-22-20(21-7-3)26-13-14-27-19(17-26)18-15-23-24(4)16-18;/h15-16,19H,5-14,17H2,1-4H3,(H,21,22);1H. The van der Waals surface area contributed by atoms with Crippen LogP contribution in [0.25, 0.3) is 0 Å². The van der Waals surface area contributed by atoms with Crippen molar-refractivity contribution in [1.82, 2.24) is 24.9 Å². The molecule has 1 aromatic rings. The number of ether oxygens (including phenoxy) is 1. The van der Waals surface area contributed by atoms with Crippen molar-refractivity contribution in [3.05, 3.63) is 18.0 Å². The Labute approximate surface area is 187 Å². The molecule has 0 radical (unpaired) electrons. The fourth-order valence-electron chi connectivity index (χ4n) is 3.52. The quantitative estimate of drug-likeness (QED) is 0.229. The molecule has 1 unspecified atom stereocenters. The van der Waals surface area contributed by atoms with Crippen molar-refractivity contribution in [3.63, 3.8) is 0 Å². The monoisotopic (exact) mass is 506 g/mol. The van der Waals surface area contributed by atoms with Crippen LogP contribution in [0.3, 0.4) is 0 Å². The zero-order chi connectivity index (χ0) is 19.5. The molecule has 0 aromatic carbocycles. The minimum Gasteiger partial charge on any atom is -0.370 e. The van der Waals surface area contributed by atoms with E-state index in [-0.39, 0.29) is 30.1 Å². The third-order valence-corrected chi connectivity index (χ3v) is 4.77. The van der Waals surface area contributed by atoms with E-state index in [4.69, 9.17) is 9.73 Å². The normalized spacial score (nSPS) is 17.7. The lowest BCUT2D eigenvalue weighted by Crippen LogP contribution is -2.48. The lowest BCUT2D eigenvalue weighted by Gasteiger charge is -2.34. The maximum Gasteiger partial charge on any atom is 0.194 e. The van der Waals surface area contributed by atoms with Gasteiger partial charge in [-0.1, -0.05) is 13.8 Å². The smallest absolute Gasteiger partial charge is 0.194 e. The minimum atomic E-state index is 0. The van der Waals surface area contributed by atoms with Gasteiger partial charge in [-0.15, -0.1) is 24.0 Å². The average Bonchev–Trinajstić information content (AvgIpc) is 3.11. The number of aliphatic imine (C=N–C) groups is 1. The first-order valence-electron chi connectivity index (χ1n) is 10.5. The second-order valence-electron chi connectivity index (χ2n) is 7.18. The lowest BCUT2D eigenvalue weighted by molar-refractivity contribution is -0.00804. The Bertz CT molecular complexity index is 559. The summed E-state index contributed by atoms with van der Waals surface area (Å²) in [6.07, 6.45) is 7.53. The molecule has 7 nitrogen and oxygen atoms in total. The van der Waals surface area contributed by atoms with E-state index in [2.05, 4.69) is 41.0 Å². The van der Waals surface area contributed by atoms with Crippen LogP contribution in [0.2, 0.25) is 0 Å². The van der Waals surface area contributed by atoms with E-state index in [0.717, 1.165) is 50.7 Å². The van der Waals surface area contributed by atoms with Crippen LogP contribution >= 0.6 is 24.0 Å². The Morgan fingerprint density at radius 2 is 2.04 bits per heavy atom. The van der Waals surface area contributed by atoms with E-state index in [1.807, 2.05) is 24.1 Å². The molecule has 28 heavy (non-hydrogen) atoms. The van der Waals surface area contributed by atoms with Crippen LogP contribution in [0, 0.1) is 0 Å². The number of aromatic nitrogens is 2. The van der Waals surface area contributed by atoms with E-state index in [1.165, 1.54) is 25.9 Å². The van der Waals surface area contributed by atoms with Crippen LogP contribution in [0.4, 0.5) is 0 Å². The Balaban J connectivity index is 0.00000392. The van der Waals surface area contributed by atoms with Gasteiger partial charge in [-0.05, 0) is 45.8 Å². The van der Waals surface area contributed by atoms with Crippen LogP contribution < -0.4 is 5.32 Å². The van der Waals surface area contributed by atoms with Gasteiger partial charge in [0.15, 0.2) is 5.96 Å². The molecule has 162 valence electrons. The number of morpholine rings is 1. The number of aryl methyl sites for hydroxylation is 1. The summed E-state index contributed by atoms with van der Waals surface area (Å²) in [5, 5.41) is 7.73. The van der Waals surface area contributed by atoms with Gasteiger partial charge < -0.3 is 19.9 Å². The summed E-state index contributed by atoms with van der Waals surface area (Å²) in [5.74, 6) is 1.01. The van der Waals surface area contributed by atoms with Crippen molar-refractivity contribution in [2.75, 3.05) is 52.4 Å². The first-order chi connectivity index (χ1) is 13.2. The van der Waals surface area contributed by atoms with Gasteiger partial charge in [0.1, 0.15) is 6.10 Å². The molecule has 1 saturated heterocycles. The highest BCUT2D eigenvalue weighted by atomic mass is 127. The summed E-state index contributed by atoms with van der Waals surface area (Å²) in [6, 6.07) is 0. The van der Waals surface area contributed by atoms with Gasteiger partial charge in [0.05, 0.1) is 19.3 Å². The van der Waals surface area contributed by atoms with Crippen molar-refractivity contribution in [2.45, 2.75) is 46.1 Å². The SMILES string of the molecule is CCCN(CCC)CCCN=C(NCC)N1CCOC(c2cnn(C)c2)C1.I. The molecule has 1 aliphatic rings. The molecule has 1 aromatic heterocycles. The van der Waals surface area contributed by atoms with E-state index < -0.39 is 0 Å². The Hall–Kier alpha value is -0.870. The summed E-state index contributed by atoms with van der Waals surface area (Å²) in [7, 11) is 1.94. The second kappa shape index (κ2) is 14.2. The number of nitrogens with zero attached hydrogens (tertiary/aromatic N) is 5. The largest absolute Gasteiger partial charge is 0.370 e. The summed E-state index contributed by atoms with van der Waals surface area (Å²) in [6.45, 7) is 14.3. The van der Waals surface area contributed by atoms with Crippen LogP contribution in [0.1, 0.15) is 51.7 Å². The molecule has 8 heteroatoms. The predicted octanol–water partition coefficient (Wildman–Crippen LogP) is 2.89. The van der Waals surface area contributed by atoms with Crippen molar-refractivity contribution in [1.29, 1.82) is 0 Å². The maximum absolute atomic E-state index is 5.96. The van der Waals surface area contributed by atoms with Crippen LogP contribution in [0.5, 0.6) is 0 Å². The molecular weight excluding hydrogens is 467 g/mol. The van der Waals surface area contributed by atoms with Crippen LogP contribution in [0.15, 0.2) is 17.4 Å². The van der Waals surface area contributed by atoms with Crippen molar-refractivity contribution in [3.8, 4) is 0 Å². The third kappa shape index (κ3) is 8.24. The van der Waals surface area contributed by atoms with Crippen molar-refractivity contribution < 1.29 is 4.74 Å². The van der Waals surface area contributed by atoms with Gasteiger partial charge in [0.25, 0.3) is 0 Å². The molecule has 0 spiro atoms. The zero-order valence-corrected chi connectivity index (χ0v) is 20.4. The Morgan fingerprint density at radius 3 is 2.64 bits per heavy atom. The molecule has 0 saturated carbocycles. The molecular formula is C20H39IN6O. The van der Waals surface area contributed by atoms with E-state index in [1.54, 1.807) is 0 Å². The fraction of sp³-hybridized carbons (Fsp3) is 0.800. The summed E-state index contributed by atoms with van der Waals surface area (Å²) >= 11 is 0. The van der Waals surface area contributed by atoms with Crippen molar-refractivity contribution in [2.24, 2.45) is 12.0 Å². The molecule has 1 N–H and O–H groups in total. The number of halogens is 1. The van der Waals surface area contributed by atoms with Gasteiger partial charge in [0.2, 0.25) is 0 Å². The van der Waals surface area contributed by atoms with E-state index in [9.17, 15) is 0 Å². The summed E-state index contributed by atoms with van der Waals surface area (Å²) in [4.78, 5) is 9.76. The molecule has 1 aliphatic heterocycles. The fourth-order valence-corrected chi connectivity index (χ4v) is 3.52. The molecule has 0 aliphatic carbocycles. The number of hydrogen-bond donors (Lipinski definition) is 1. The molecule has 1 fully saturated rings. The highest BCUT2D eigenvalue weighted by Crippen LogP contribution is 2.21. The number of guanidine groups is 1. The molecule has 2 rings (SSSR count). The highest BCUT2D eigenvalue weighted by molar-refractivity contribution is 14.0. The van der Waals surface area contributed by atoms with Gasteiger partial charge in [0, 0.05) is 38.4 Å². The number of hydrogen-bond acceptors (Lipinski definition) is 4. The molecule has 0 bridgehead atoms. The Kier molecular flexibility index (Phi) is 12.7. The third-order valence-electron chi connectivity index (χ3n) is 4.77. The predicted molar refractivity (Wildman–Crippen MR) is 127 cm³/mol. The molecule has 2 heterocycles. The highest BCUT2D eigenvalue weighted by Gasteiger charge is 2.25. The molecule has 1 atom stereocenters. The number of nitrogens with one attached hydrogen (secondary N) is 1. The maximum atomic E-state index is 5.96. The van der Waals surface area contributed by atoms with Gasteiger partial charge in [-0.3, -0.25) is 9.67 Å². The second-order valence-corrected chi connectivity index (χ2v) is 7.18. The van der Waals surface area contributed by atoms with E-state index in [0.29, 0.717) is 6.61 Å². The summed E-state index contributed by atoms with van der Waals surface area (Å²) < 4.78 is 7.79. The van der Waals surface area contributed by atoms with Crippen molar-refractivity contribution >= 4 is 29.9 Å². The zero-order valence-electron chi connectivity index (χ0n) is 18.1. The van der Waals surface area contributed by atoms with E-state index >= 15 is 0 Å². The van der Waals surface area contributed by atoms with Gasteiger partial charge >= 0.3 is 0 Å². The first kappa shape index (κ1) is 25.2.